The smallest absolute Gasteiger partial charge is 0.445 e. The maximum Gasteiger partial charge on any atom is 0.516 e. The second-order valence-electron chi connectivity index (χ2n) is 16.2. The Kier molecular flexibility index (Phi) is 11.7. The minimum absolute atomic E-state index is 0.102. The lowest BCUT2D eigenvalue weighted by atomic mass is 9.49. The molecule has 4 N–H and O–H groups in total. The SMILES string of the molecule is CC(C)(C)OC(=O)OC(=O)C(CCCCNC(=O)OCc1ccccc1)NC(=O)C(Cc1c[nH]c2ccccc12)NC(=O)C12CC3CC(CC(C3)C1)C2. The molecule has 53 heavy (non-hydrogen) atoms. The molecule has 0 spiro atoms. The Labute approximate surface area is 310 Å². The van der Waals surface area contributed by atoms with Gasteiger partial charge in [0.05, 0.1) is 0 Å². The zero-order valence-electron chi connectivity index (χ0n) is 30.9. The van der Waals surface area contributed by atoms with Crippen LogP contribution in [-0.4, -0.2) is 59.2 Å². The Morgan fingerprint density at radius 3 is 2.19 bits per heavy atom. The fourth-order valence-corrected chi connectivity index (χ4v) is 8.81. The number of para-hydroxylation sites is 1. The van der Waals surface area contributed by atoms with Gasteiger partial charge >= 0.3 is 18.2 Å². The van der Waals surface area contributed by atoms with E-state index in [1.807, 2.05) is 60.8 Å². The van der Waals surface area contributed by atoms with E-state index >= 15 is 0 Å². The number of aromatic amines is 1. The van der Waals surface area contributed by atoms with Crippen LogP contribution in [0, 0.1) is 23.2 Å². The highest BCUT2D eigenvalue weighted by Crippen LogP contribution is 2.60. The topological polar surface area (TPSA) is 165 Å². The van der Waals surface area contributed by atoms with Crippen molar-refractivity contribution in [2.24, 2.45) is 23.2 Å². The van der Waals surface area contributed by atoms with Crippen LogP contribution in [0.25, 0.3) is 10.9 Å². The number of rotatable bonds is 14. The molecule has 1 aromatic heterocycles. The zero-order valence-corrected chi connectivity index (χ0v) is 30.9. The Hall–Kier alpha value is -4.87. The van der Waals surface area contributed by atoms with Gasteiger partial charge < -0.3 is 35.1 Å². The lowest BCUT2D eigenvalue weighted by molar-refractivity contribution is -0.149. The summed E-state index contributed by atoms with van der Waals surface area (Å²) in [5.74, 6) is -0.00165. The molecule has 0 saturated heterocycles. The molecule has 4 bridgehead atoms. The van der Waals surface area contributed by atoms with Gasteiger partial charge in [-0.2, -0.15) is 0 Å². The number of ether oxygens (including phenoxy) is 3. The van der Waals surface area contributed by atoms with Crippen LogP contribution < -0.4 is 16.0 Å². The zero-order chi connectivity index (χ0) is 37.6. The van der Waals surface area contributed by atoms with Crippen molar-refractivity contribution in [1.82, 2.24) is 20.9 Å². The van der Waals surface area contributed by atoms with E-state index in [-0.39, 0.29) is 31.9 Å². The molecule has 7 rings (SSSR count). The molecule has 4 fully saturated rings. The molecule has 0 radical (unpaired) electrons. The van der Waals surface area contributed by atoms with Gasteiger partial charge in [0.2, 0.25) is 11.8 Å². The third kappa shape index (κ3) is 9.97. The Morgan fingerprint density at radius 2 is 1.51 bits per heavy atom. The van der Waals surface area contributed by atoms with Crippen molar-refractivity contribution in [1.29, 1.82) is 0 Å². The Balaban J connectivity index is 1.13. The van der Waals surface area contributed by atoms with E-state index in [4.69, 9.17) is 14.2 Å². The number of benzene rings is 2. The van der Waals surface area contributed by atoms with Gasteiger partial charge in [-0.25, -0.2) is 14.4 Å². The number of H-pyrrole nitrogens is 1. The summed E-state index contributed by atoms with van der Waals surface area (Å²) < 4.78 is 15.5. The number of carbonyl (C=O) groups is 5. The van der Waals surface area contributed by atoms with Gasteiger partial charge in [-0.1, -0.05) is 48.5 Å². The second-order valence-corrected chi connectivity index (χ2v) is 16.2. The lowest BCUT2D eigenvalue weighted by Crippen LogP contribution is -2.59. The predicted molar refractivity (Wildman–Crippen MR) is 197 cm³/mol. The standard InChI is InChI=1S/C41H52N4O8/c1-40(2,3)53-39(50)52-36(47)33(15-9-10-16-42-38(49)51-25-26-11-5-4-6-12-26)44-35(46)34(20-30-24-43-32-14-8-7-13-31(30)32)45-37(48)41-21-27-17-28(22-41)19-29(18-27)23-41/h4-8,11-14,24,27-29,33-34,43H,9-10,15-23,25H2,1-3H3,(H,42,49)(H,44,46)(H,45,48). The molecular weight excluding hydrogens is 676 g/mol. The average molecular weight is 729 g/mol. The molecule has 3 amide bonds. The average Bonchev–Trinajstić information content (AvgIpc) is 3.51. The minimum Gasteiger partial charge on any atom is -0.445 e. The Bertz CT molecular complexity index is 1750. The fourth-order valence-electron chi connectivity index (χ4n) is 8.81. The van der Waals surface area contributed by atoms with E-state index < -0.39 is 47.2 Å². The minimum atomic E-state index is -1.22. The molecule has 0 aliphatic heterocycles. The molecule has 284 valence electrons. The first kappa shape index (κ1) is 37.9. The van der Waals surface area contributed by atoms with E-state index in [1.165, 1.54) is 19.3 Å². The monoisotopic (exact) mass is 728 g/mol. The summed E-state index contributed by atoms with van der Waals surface area (Å²) in [6.45, 7) is 5.35. The van der Waals surface area contributed by atoms with Crippen LogP contribution in [0.15, 0.2) is 60.8 Å². The van der Waals surface area contributed by atoms with Crippen molar-refractivity contribution in [3.05, 3.63) is 71.9 Å². The number of hydrogen-bond donors (Lipinski definition) is 4. The number of carbonyl (C=O) groups excluding carboxylic acids is 5. The maximum absolute atomic E-state index is 14.2. The van der Waals surface area contributed by atoms with Gasteiger partial charge in [-0.05, 0) is 114 Å². The first-order chi connectivity index (χ1) is 25.4. The molecule has 4 aliphatic carbocycles. The molecule has 2 unspecified atom stereocenters. The lowest BCUT2D eigenvalue weighted by Gasteiger charge is -2.55. The number of aromatic nitrogens is 1. The molecular formula is C41H52N4O8. The van der Waals surface area contributed by atoms with E-state index in [1.54, 1.807) is 20.8 Å². The number of nitrogens with one attached hydrogen (secondary N) is 4. The molecule has 12 nitrogen and oxygen atoms in total. The second kappa shape index (κ2) is 16.4. The highest BCUT2D eigenvalue weighted by Gasteiger charge is 2.55. The van der Waals surface area contributed by atoms with Crippen LogP contribution in [0.1, 0.15) is 89.7 Å². The predicted octanol–water partition coefficient (Wildman–Crippen LogP) is 6.47. The van der Waals surface area contributed by atoms with Crippen LogP contribution in [0.2, 0.25) is 0 Å². The van der Waals surface area contributed by atoms with Crippen molar-refractivity contribution in [3.63, 3.8) is 0 Å². The first-order valence-corrected chi connectivity index (χ1v) is 18.9. The summed E-state index contributed by atoms with van der Waals surface area (Å²) in [5.41, 5.74) is 1.23. The molecule has 4 saturated carbocycles. The van der Waals surface area contributed by atoms with Crippen molar-refractivity contribution < 1.29 is 38.2 Å². The number of alkyl carbamates (subject to hydrolysis) is 1. The third-order valence-corrected chi connectivity index (χ3v) is 10.8. The third-order valence-electron chi connectivity index (χ3n) is 10.8. The Morgan fingerprint density at radius 1 is 0.849 bits per heavy atom. The number of esters is 1. The fraction of sp³-hybridized carbons (Fsp3) is 0.537. The summed E-state index contributed by atoms with van der Waals surface area (Å²) in [5, 5.41) is 9.57. The van der Waals surface area contributed by atoms with Crippen molar-refractivity contribution in [2.45, 2.75) is 109 Å². The molecule has 4 aliphatic rings. The number of fused-ring (bicyclic) bond motifs is 1. The van der Waals surface area contributed by atoms with Gasteiger partial charge in [0.15, 0.2) is 0 Å². The van der Waals surface area contributed by atoms with Gasteiger partial charge in [0.25, 0.3) is 0 Å². The maximum atomic E-state index is 14.2. The van der Waals surface area contributed by atoms with Crippen LogP contribution in [-0.2, 0) is 41.6 Å². The van der Waals surface area contributed by atoms with Crippen molar-refractivity contribution in [2.75, 3.05) is 6.54 Å². The van der Waals surface area contributed by atoms with Gasteiger partial charge in [-0.15, -0.1) is 0 Å². The quantitative estimate of drug-likeness (QED) is 0.0833. The highest BCUT2D eigenvalue weighted by atomic mass is 16.7. The van der Waals surface area contributed by atoms with Crippen LogP contribution in [0.4, 0.5) is 9.59 Å². The van der Waals surface area contributed by atoms with E-state index in [0.717, 1.165) is 41.3 Å². The van der Waals surface area contributed by atoms with E-state index in [0.29, 0.717) is 30.6 Å². The van der Waals surface area contributed by atoms with Gasteiger partial charge in [0.1, 0.15) is 24.3 Å². The van der Waals surface area contributed by atoms with Crippen LogP contribution >= 0.6 is 0 Å². The summed E-state index contributed by atoms with van der Waals surface area (Å²) in [6, 6.07) is 14.9. The van der Waals surface area contributed by atoms with E-state index in [9.17, 15) is 24.0 Å². The number of amides is 3. The van der Waals surface area contributed by atoms with Crippen molar-refractivity contribution in [3.8, 4) is 0 Å². The van der Waals surface area contributed by atoms with Gasteiger partial charge in [0, 0.05) is 35.5 Å². The summed E-state index contributed by atoms with van der Waals surface area (Å²) in [7, 11) is 0. The molecule has 3 aromatic rings. The molecule has 2 aromatic carbocycles. The normalized spacial score (nSPS) is 22.7. The summed E-state index contributed by atoms with van der Waals surface area (Å²) >= 11 is 0. The van der Waals surface area contributed by atoms with Crippen molar-refractivity contribution >= 4 is 40.9 Å². The largest absolute Gasteiger partial charge is 0.516 e. The van der Waals surface area contributed by atoms with E-state index in [2.05, 4.69) is 20.9 Å². The first-order valence-electron chi connectivity index (χ1n) is 18.9. The van der Waals surface area contributed by atoms with Gasteiger partial charge in [-0.3, -0.25) is 9.59 Å². The number of unbranched alkanes of at least 4 members (excludes halogenated alkanes) is 1. The molecule has 1 heterocycles. The highest BCUT2D eigenvalue weighted by molar-refractivity contribution is 5.94. The molecule has 2 atom stereocenters. The van der Waals surface area contributed by atoms with Crippen LogP contribution in [0.5, 0.6) is 0 Å². The summed E-state index contributed by atoms with van der Waals surface area (Å²) in [4.78, 5) is 69.8. The summed E-state index contributed by atoms with van der Waals surface area (Å²) in [6.07, 6.45) is 7.29. The number of hydrogen-bond acceptors (Lipinski definition) is 8. The van der Waals surface area contributed by atoms with Crippen LogP contribution in [0.3, 0.4) is 0 Å². The molecule has 12 heteroatoms.